The molecule has 0 fully saturated rings. The third-order valence-electron chi connectivity index (χ3n) is 11.5. The van der Waals surface area contributed by atoms with Gasteiger partial charge in [0.25, 0.3) is 0 Å². The summed E-state index contributed by atoms with van der Waals surface area (Å²) in [5.41, 5.74) is 14.3. The summed E-state index contributed by atoms with van der Waals surface area (Å²) in [5, 5.41) is 7.15. The topological polar surface area (TPSA) is 16.4 Å². The second-order valence-corrected chi connectivity index (χ2v) is 14.9. The average Bonchev–Trinajstić information content (AvgIpc) is 3.68. The lowest BCUT2D eigenvalue weighted by Gasteiger charge is -2.26. The molecular weight excluding hydrogens is 703 g/mol. The number of fused-ring (bicyclic) bond motifs is 5. The maximum absolute atomic E-state index is 6.86. The van der Waals surface area contributed by atoms with Crippen molar-refractivity contribution in [3.63, 3.8) is 0 Å². The maximum atomic E-state index is 6.86. The Balaban J connectivity index is 1.05. The van der Waals surface area contributed by atoms with E-state index in [0.717, 1.165) is 50.1 Å². The Morgan fingerprint density at radius 2 is 0.828 bits per heavy atom. The van der Waals surface area contributed by atoms with Crippen molar-refractivity contribution in [2.45, 2.75) is 0 Å². The summed E-state index contributed by atoms with van der Waals surface area (Å²) in [5.74, 6) is 0. The molecule has 0 bridgehead atoms. The highest BCUT2D eigenvalue weighted by Gasteiger charge is 2.20. The molecule has 11 rings (SSSR count). The predicted octanol–water partition coefficient (Wildman–Crippen LogP) is 16.0. The molecule has 0 aliphatic carbocycles. The normalized spacial score (nSPS) is 11.4. The van der Waals surface area contributed by atoms with Gasteiger partial charge in [-0.25, -0.2) is 0 Å². The fourth-order valence-corrected chi connectivity index (χ4v) is 8.60. The van der Waals surface area contributed by atoms with Gasteiger partial charge in [0.1, 0.15) is 5.58 Å². The van der Waals surface area contributed by atoms with Crippen LogP contribution in [-0.4, -0.2) is 0 Å². The molecule has 1 heterocycles. The van der Waals surface area contributed by atoms with Crippen molar-refractivity contribution in [1.29, 1.82) is 0 Å². The van der Waals surface area contributed by atoms with Crippen molar-refractivity contribution in [2.75, 3.05) is 4.90 Å². The molecule has 0 saturated heterocycles. The van der Waals surface area contributed by atoms with Crippen molar-refractivity contribution >= 4 is 60.5 Å². The lowest BCUT2D eigenvalue weighted by Crippen LogP contribution is -2.10. The molecule has 0 spiro atoms. The molecule has 58 heavy (non-hydrogen) atoms. The van der Waals surface area contributed by atoms with Gasteiger partial charge < -0.3 is 9.32 Å². The predicted molar refractivity (Wildman–Crippen MR) is 245 cm³/mol. The second-order valence-electron chi connectivity index (χ2n) is 14.9. The third-order valence-corrected chi connectivity index (χ3v) is 11.5. The van der Waals surface area contributed by atoms with Gasteiger partial charge in [-0.3, -0.25) is 0 Å². The summed E-state index contributed by atoms with van der Waals surface area (Å²) in [7, 11) is 0. The lowest BCUT2D eigenvalue weighted by atomic mass is 9.93. The first-order chi connectivity index (χ1) is 28.7. The second kappa shape index (κ2) is 14.1. The van der Waals surface area contributed by atoms with E-state index in [1.165, 1.54) is 54.9 Å². The zero-order valence-electron chi connectivity index (χ0n) is 31.7. The van der Waals surface area contributed by atoms with E-state index < -0.39 is 0 Å². The Hall–Kier alpha value is -7.68. The molecule has 0 amide bonds. The van der Waals surface area contributed by atoms with Gasteiger partial charge >= 0.3 is 0 Å². The number of hydrogen-bond donors (Lipinski definition) is 0. The molecule has 0 saturated carbocycles. The summed E-state index contributed by atoms with van der Waals surface area (Å²) in [6.45, 7) is 0. The van der Waals surface area contributed by atoms with Crippen molar-refractivity contribution in [3.05, 3.63) is 224 Å². The zero-order valence-corrected chi connectivity index (χ0v) is 31.7. The van der Waals surface area contributed by atoms with Crippen LogP contribution in [0.2, 0.25) is 0 Å². The number of furan rings is 1. The lowest BCUT2D eigenvalue weighted by molar-refractivity contribution is 0.669. The van der Waals surface area contributed by atoms with Crippen LogP contribution in [0.3, 0.4) is 0 Å². The van der Waals surface area contributed by atoms with E-state index in [1.807, 2.05) is 0 Å². The zero-order chi connectivity index (χ0) is 38.4. The molecule has 0 unspecified atom stereocenters. The molecule has 1 aromatic heterocycles. The average molecular weight is 740 g/mol. The molecule has 0 aliphatic rings. The summed E-state index contributed by atoms with van der Waals surface area (Å²) in [6.07, 6.45) is 0. The largest absolute Gasteiger partial charge is 0.454 e. The number of rotatable bonds is 7. The Morgan fingerprint density at radius 1 is 0.293 bits per heavy atom. The number of anilines is 3. The maximum Gasteiger partial charge on any atom is 0.159 e. The summed E-state index contributed by atoms with van der Waals surface area (Å²) in [4.78, 5) is 2.33. The first kappa shape index (κ1) is 33.6. The van der Waals surface area contributed by atoms with Crippen molar-refractivity contribution in [1.82, 2.24) is 0 Å². The molecule has 272 valence electrons. The van der Waals surface area contributed by atoms with E-state index in [2.05, 4.69) is 229 Å². The third kappa shape index (κ3) is 5.91. The van der Waals surface area contributed by atoms with Crippen LogP contribution in [0.4, 0.5) is 17.1 Å². The highest BCUT2D eigenvalue weighted by molar-refractivity contribution is 6.11. The van der Waals surface area contributed by atoms with Gasteiger partial charge in [0.2, 0.25) is 0 Å². The molecule has 0 atom stereocenters. The number of para-hydroxylation sites is 1. The molecular formula is C56H37NO. The van der Waals surface area contributed by atoms with E-state index in [1.54, 1.807) is 0 Å². The van der Waals surface area contributed by atoms with E-state index in [0.29, 0.717) is 0 Å². The minimum absolute atomic E-state index is 0.854. The molecule has 0 N–H and O–H groups in total. The van der Waals surface area contributed by atoms with Gasteiger partial charge in [0.05, 0.1) is 5.69 Å². The van der Waals surface area contributed by atoms with E-state index >= 15 is 0 Å². The minimum Gasteiger partial charge on any atom is -0.454 e. The molecule has 11 aromatic rings. The van der Waals surface area contributed by atoms with Crippen LogP contribution in [-0.2, 0) is 0 Å². The SMILES string of the molecule is c1ccc(-c2ccc3c(c2)oc2c(N(c4ccc(-c5cc(-c6ccccc6)c6ccccc6c5)cc4)c4ccc(-c5cccc6ccccc56)cc4)cccc23)cc1. The Bertz CT molecular complexity index is 3250. The van der Waals surface area contributed by atoms with Gasteiger partial charge in [-0.2, -0.15) is 0 Å². The fourth-order valence-electron chi connectivity index (χ4n) is 8.60. The van der Waals surface area contributed by atoms with Crippen LogP contribution < -0.4 is 4.90 Å². The molecule has 2 nitrogen and oxygen atoms in total. The van der Waals surface area contributed by atoms with Crippen molar-refractivity contribution in [3.8, 4) is 44.5 Å². The monoisotopic (exact) mass is 739 g/mol. The van der Waals surface area contributed by atoms with E-state index in [-0.39, 0.29) is 0 Å². The van der Waals surface area contributed by atoms with Crippen LogP contribution in [0.25, 0.3) is 88.0 Å². The quantitative estimate of drug-likeness (QED) is 0.162. The first-order valence-corrected chi connectivity index (χ1v) is 19.8. The molecule has 10 aromatic carbocycles. The summed E-state index contributed by atoms with van der Waals surface area (Å²) >= 11 is 0. The van der Waals surface area contributed by atoms with Gasteiger partial charge in [0.15, 0.2) is 5.58 Å². The van der Waals surface area contributed by atoms with Gasteiger partial charge in [-0.05, 0) is 121 Å². The highest BCUT2D eigenvalue weighted by atomic mass is 16.3. The van der Waals surface area contributed by atoms with E-state index in [4.69, 9.17) is 4.42 Å². The molecule has 0 radical (unpaired) electrons. The first-order valence-electron chi connectivity index (χ1n) is 19.8. The Kier molecular flexibility index (Phi) is 8.19. The summed E-state index contributed by atoms with van der Waals surface area (Å²) in [6, 6.07) is 80.5. The smallest absolute Gasteiger partial charge is 0.159 e. The van der Waals surface area contributed by atoms with Crippen LogP contribution >= 0.6 is 0 Å². The van der Waals surface area contributed by atoms with Crippen LogP contribution in [0, 0.1) is 0 Å². The number of hydrogen-bond acceptors (Lipinski definition) is 2. The molecule has 0 aliphatic heterocycles. The van der Waals surface area contributed by atoms with Gasteiger partial charge in [0, 0.05) is 22.1 Å². The van der Waals surface area contributed by atoms with Crippen LogP contribution in [0.15, 0.2) is 229 Å². The summed E-state index contributed by atoms with van der Waals surface area (Å²) < 4.78 is 6.86. The van der Waals surface area contributed by atoms with E-state index in [9.17, 15) is 0 Å². The Labute approximate surface area is 337 Å². The number of benzene rings is 10. The Morgan fingerprint density at radius 3 is 1.57 bits per heavy atom. The molecule has 2 heteroatoms. The van der Waals surface area contributed by atoms with Crippen molar-refractivity contribution in [2.24, 2.45) is 0 Å². The highest BCUT2D eigenvalue weighted by Crippen LogP contribution is 2.44. The van der Waals surface area contributed by atoms with Crippen molar-refractivity contribution < 1.29 is 4.42 Å². The fraction of sp³-hybridized carbons (Fsp3) is 0. The van der Waals surface area contributed by atoms with Gasteiger partial charge in [-0.1, -0.05) is 170 Å². The standard InChI is InChI=1S/C56H37NO/c1-3-13-38(14-4-1)43-29-34-51-52-23-12-24-54(56(52)58-55(51)37-43)57(47-32-27-42(28-33-47)49-22-11-19-40-17-7-9-20-48(40)49)46-30-25-39(26-31-46)45-35-44-18-8-10-21-50(44)53(36-45)41-15-5-2-6-16-41/h1-37H. The number of nitrogens with zero attached hydrogens (tertiary/aromatic N) is 1. The van der Waals surface area contributed by atoms with Crippen LogP contribution in [0.5, 0.6) is 0 Å². The minimum atomic E-state index is 0.854. The van der Waals surface area contributed by atoms with Crippen LogP contribution in [0.1, 0.15) is 0 Å². The van der Waals surface area contributed by atoms with Gasteiger partial charge in [-0.15, -0.1) is 0 Å².